The molecule has 0 radical (unpaired) electrons. The highest BCUT2D eigenvalue weighted by atomic mass is 16.3. The monoisotopic (exact) mass is 227 g/mol. The molecular weight excluding hydrogens is 206 g/mol. The van der Waals surface area contributed by atoms with Gasteiger partial charge in [0.15, 0.2) is 0 Å². The Morgan fingerprint density at radius 1 is 1.56 bits per heavy atom. The number of hydrogen-bond donors (Lipinski definition) is 2. The quantitative estimate of drug-likeness (QED) is 0.645. The fourth-order valence-electron chi connectivity index (χ4n) is 1.52. The topological polar surface area (TPSA) is 66.2 Å². The highest BCUT2D eigenvalue weighted by Crippen LogP contribution is 1.94. The van der Waals surface area contributed by atoms with Crippen molar-refractivity contribution in [1.29, 1.82) is 0 Å². The fraction of sp³-hybridized carbons (Fsp3) is 0.800. The Kier molecular flexibility index (Phi) is 5.37. The molecule has 92 valence electrons. The number of aliphatic hydroxyl groups is 1. The second-order valence-electron chi connectivity index (χ2n) is 4.08. The normalized spacial score (nSPS) is 13.3. The first-order valence-electron chi connectivity index (χ1n) is 5.53. The maximum Gasteiger partial charge on any atom is 0.146 e. The Morgan fingerprint density at radius 2 is 2.31 bits per heavy atom. The largest absolute Gasteiger partial charge is 0.390 e. The first kappa shape index (κ1) is 13.1. The van der Waals surface area contributed by atoms with Crippen molar-refractivity contribution in [1.82, 2.24) is 25.0 Å². The second kappa shape index (κ2) is 6.57. The molecular formula is C10H21N5O. The lowest BCUT2D eigenvalue weighted by molar-refractivity contribution is 0.134. The summed E-state index contributed by atoms with van der Waals surface area (Å²) in [6.45, 7) is 4.78. The van der Waals surface area contributed by atoms with Crippen LogP contribution in [0.5, 0.6) is 0 Å². The van der Waals surface area contributed by atoms with E-state index in [1.807, 2.05) is 30.5 Å². The third-order valence-corrected chi connectivity index (χ3v) is 2.28. The van der Waals surface area contributed by atoms with Gasteiger partial charge in [-0.2, -0.15) is 0 Å². The van der Waals surface area contributed by atoms with E-state index in [4.69, 9.17) is 0 Å². The van der Waals surface area contributed by atoms with E-state index in [0.717, 1.165) is 12.4 Å². The van der Waals surface area contributed by atoms with Crippen LogP contribution >= 0.6 is 0 Å². The maximum atomic E-state index is 9.63. The highest BCUT2D eigenvalue weighted by Gasteiger charge is 2.06. The SMILES string of the molecule is CCn1cnnc1CNCC(O)CN(C)C. The Bertz CT molecular complexity index is 299. The molecule has 0 bridgehead atoms. The van der Waals surface area contributed by atoms with Crippen molar-refractivity contribution in [2.45, 2.75) is 26.1 Å². The average molecular weight is 227 g/mol. The molecule has 6 heteroatoms. The predicted octanol–water partition coefficient (Wildman–Crippen LogP) is -0.690. The molecule has 1 aromatic heterocycles. The minimum absolute atomic E-state index is 0.354. The molecule has 0 aliphatic heterocycles. The van der Waals surface area contributed by atoms with Crippen LogP contribution in [0.1, 0.15) is 12.7 Å². The molecule has 1 aromatic rings. The smallest absolute Gasteiger partial charge is 0.146 e. The number of nitrogens with zero attached hydrogens (tertiary/aromatic N) is 4. The van der Waals surface area contributed by atoms with E-state index in [0.29, 0.717) is 19.6 Å². The van der Waals surface area contributed by atoms with Crippen LogP contribution in [0.25, 0.3) is 0 Å². The molecule has 0 amide bonds. The summed E-state index contributed by atoms with van der Waals surface area (Å²) in [5.74, 6) is 0.902. The summed E-state index contributed by atoms with van der Waals surface area (Å²) in [5, 5.41) is 20.6. The molecule has 0 saturated carbocycles. The zero-order valence-corrected chi connectivity index (χ0v) is 10.2. The van der Waals surface area contributed by atoms with Crippen molar-refractivity contribution >= 4 is 0 Å². The lowest BCUT2D eigenvalue weighted by Crippen LogP contribution is -2.35. The van der Waals surface area contributed by atoms with E-state index >= 15 is 0 Å². The van der Waals surface area contributed by atoms with E-state index in [9.17, 15) is 5.11 Å². The molecule has 0 aliphatic rings. The molecule has 1 atom stereocenters. The molecule has 0 spiro atoms. The van der Waals surface area contributed by atoms with Crippen LogP contribution in [0.15, 0.2) is 6.33 Å². The number of nitrogens with one attached hydrogen (secondary N) is 1. The van der Waals surface area contributed by atoms with Crippen LogP contribution in [-0.2, 0) is 13.1 Å². The molecule has 1 rings (SSSR count). The van der Waals surface area contributed by atoms with Crippen molar-refractivity contribution in [2.75, 3.05) is 27.2 Å². The highest BCUT2D eigenvalue weighted by molar-refractivity contribution is 4.84. The summed E-state index contributed by atoms with van der Waals surface area (Å²) >= 11 is 0. The summed E-state index contributed by atoms with van der Waals surface area (Å²) in [6, 6.07) is 0. The van der Waals surface area contributed by atoms with Crippen molar-refractivity contribution < 1.29 is 5.11 Å². The first-order chi connectivity index (χ1) is 7.63. The number of hydrogen-bond acceptors (Lipinski definition) is 5. The fourth-order valence-corrected chi connectivity index (χ4v) is 1.52. The number of aliphatic hydroxyl groups excluding tert-OH is 1. The predicted molar refractivity (Wildman–Crippen MR) is 62.0 cm³/mol. The minimum Gasteiger partial charge on any atom is -0.390 e. The van der Waals surface area contributed by atoms with Crippen LogP contribution in [0.4, 0.5) is 0 Å². The summed E-state index contributed by atoms with van der Waals surface area (Å²) in [5.41, 5.74) is 0. The molecule has 1 unspecified atom stereocenters. The van der Waals surface area contributed by atoms with Gasteiger partial charge in [-0.15, -0.1) is 10.2 Å². The van der Waals surface area contributed by atoms with E-state index in [1.165, 1.54) is 0 Å². The van der Waals surface area contributed by atoms with E-state index < -0.39 is 0 Å². The number of aryl methyl sites for hydroxylation is 1. The van der Waals surface area contributed by atoms with Gasteiger partial charge in [0.05, 0.1) is 12.6 Å². The van der Waals surface area contributed by atoms with E-state index in [1.54, 1.807) is 6.33 Å². The molecule has 0 saturated heterocycles. The lowest BCUT2D eigenvalue weighted by atomic mass is 10.3. The molecule has 0 fully saturated rings. The summed E-state index contributed by atoms with van der Waals surface area (Å²) in [7, 11) is 3.88. The molecule has 1 heterocycles. The van der Waals surface area contributed by atoms with Gasteiger partial charge in [-0.1, -0.05) is 0 Å². The van der Waals surface area contributed by atoms with E-state index in [-0.39, 0.29) is 6.10 Å². The van der Waals surface area contributed by atoms with Crippen molar-refractivity contribution in [3.05, 3.63) is 12.2 Å². The van der Waals surface area contributed by atoms with Gasteiger partial charge in [0.2, 0.25) is 0 Å². The Morgan fingerprint density at radius 3 is 2.94 bits per heavy atom. The van der Waals surface area contributed by atoms with Crippen LogP contribution in [0.3, 0.4) is 0 Å². The van der Waals surface area contributed by atoms with Gasteiger partial charge in [0.1, 0.15) is 12.2 Å². The summed E-state index contributed by atoms with van der Waals surface area (Å²) in [4.78, 5) is 1.96. The van der Waals surface area contributed by atoms with Crippen LogP contribution in [0, 0.1) is 0 Å². The zero-order valence-electron chi connectivity index (χ0n) is 10.2. The molecule has 16 heavy (non-hydrogen) atoms. The number of rotatable bonds is 7. The zero-order chi connectivity index (χ0) is 12.0. The van der Waals surface area contributed by atoms with Crippen molar-refractivity contribution in [2.24, 2.45) is 0 Å². The van der Waals surface area contributed by atoms with Crippen molar-refractivity contribution in [3.8, 4) is 0 Å². The Balaban J connectivity index is 2.25. The maximum absolute atomic E-state index is 9.63. The van der Waals surface area contributed by atoms with Gasteiger partial charge in [-0.05, 0) is 21.0 Å². The molecule has 0 aliphatic carbocycles. The van der Waals surface area contributed by atoms with Gasteiger partial charge in [0, 0.05) is 19.6 Å². The van der Waals surface area contributed by atoms with Gasteiger partial charge >= 0.3 is 0 Å². The third kappa shape index (κ3) is 4.26. The van der Waals surface area contributed by atoms with Crippen LogP contribution in [0.2, 0.25) is 0 Å². The summed E-state index contributed by atoms with van der Waals surface area (Å²) in [6.07, 6.45) is 1.36. The van der Waals surface area contributed by atoms with Gasteiger partial charge in [0.25, 0.3) is 0 Å². The van der Waals surface area contributed by atoms with Crippen LogP contribution < -0.4 is 5.32 Å². The van der Waals surface area contributed by atoms with Gasteiger partial charge < -0.3 is 19.9 Å². The average Bonchev–Trinajstić information content (AvgIpc) is 2.64. The number of aromatic nitrogens is 3. The Labute approximate surface area is 96.3 Å². The standard InChI is InChI=1S/C10H21N5O/c1-4-15-8-12-13-10(15)6-11-5-9(16)7-14(2)3/h8-9,11,16H,4-7H2,1-3H3. The van der Waals surface area contributed by atoms with Gasteiger partial charge in [-0.3, -0.25) is 0 Å². The Hall–Kier alpha value is -0.980. The first-order valence-corrected chi connectivity index (χ1v) is 5.53. The second-order valence-corrected chi connectivity index (χ2v) is 4.08. The third-order valence-electron chi connectivity index (χ3n) is 2.28. The van der Waals surface area contributed by atoms with Crippen molar-refractivity contribution in [3.63, 3.8) is 0 Å². The molecule has 0 aromatic carbocycles. The van der Waals surface area contributed by atoms with E-state index in [2.05, 4.69) is 15.5 Å². The van der Waals surface area contributed by atoms with Crippen LogP contribution in [-0.4, -0.2) is 58.1 Å². The summed E-state index contributed by atoms with van der Waals surface area (Å²) < 4.78 is 1.98. The lowest BCUT2D eigenvalue weighted by Gasteiger charge is -2.16. The number of likely N-dealkylation sites (N-methyl/N-ethyl adjacent to an activating group) is 1. The molecule has 2 N–H and O–H groups in total. The molecule has 6 nitrogen and oxygen atoms in total. The minimum atomic E-state index is -0.354. The van der Waals surface area contributed by atoms with Gasteiger partial charge in [-0.25, -0.2) is 0 Å².